The molecular formula is C22H23NO5. The van der Waals surface area contributed by atoms with Gasteiger partial charge in [-0.2, -0.15) is 0 Å². The summed E-state index contributed by atoms with van der Waals surface area (Å²) in [6.45, 7) is 0.465. The lowest BCUT2D eigenvalue weighted by Crippen LogP contribution is -2.24. The molecule has 0 fully saturated rings. The van der Waals surface area contributed by atoms with E-state index >= 15 is 0 Å². The monoisotopic (exact) mass is 381 g/mol. The standard InChI is InChI=1S/C22H23NO5/c1-27-16-11-12-17-18(14-16)28-21(20(17)15-8-4-2-5-9-15)22(26)23-13-7-3-6-10-19(24)25/h2,4-5,8-9,11-12,14H,3,6-7,10,13H2,1H3,(H,23,26)(H,24,25). The van der Waals surface area contributed by atoms with Gasteiger partial charge in [-0.05, 0) is 30.5 Å². The van der Waals surface area contributed by atoms with Crippen LogP contribution in [-0.2, 0) is 4.79 Å². The molecule has 3 rings (SSSR count). The van der Waals surface area contributed by atoms with E-state index in [1.165, 1.54) is 0 Å². The Morgan fingerprint density at radius 3 is 2.57 bits per heavy atom. The van der Waals surface area contributed by atoms with Crippen molar-refractivity contribution in [3.05, 3.63) is 54.3 Å². The lowest BCUT2D eigenvalue weighted by atomic mass is 10.0. The highest BCUT2D eigenvalue weighted by atomic mass is 16.5. The number of carboxylic acids is 1. The van der Waals surface area contributed by atoms with Gasteiger partial charge in [0.05, 0.1) is 7.11 Å². The Hall–Kier alpha value is -3.28. The van der Waals surface area contributed by atoms with Crippen LogP contribution in [0.5, 0.6) is 5.75 Å². The predicted molar refractivity (Wildman–Crippen MR) is 107 cm³/mol. The molecule has 3 aromatic rings. The number of unbranched alkanes of at least 4 members (excludes halogenated alkanes) is 2. The van der Waals surface area contributed by atoms with Crippen molar-refractivity contribution in [2.45, 2.75) is 25.7 Å². The molecule has 6 nitrogen and oxygen atoms in total. The van der Waals surface area contributed by atoms with Gasteiger partial charge in [0.1, 0.15) is 11.3 Å². The van der Waals surface area contributed by atoms with E-state index < -0.39 is 5.97 Å². The zero-order valence-corrected chi connectivity index (χ0v) is 15.7. The molecule has 6 heteroatoms. The fourth-order valence-corrected chi connectivity index (χ4v) is 3.12. The predicted octanol–water partition coefficient (Wildman–Crippen LogP) is 4.48. The van der Waals surface area contributed by atoms with E-state index in [0.29, 0.717) is 30.7 Å². The molecular weight excluding hydrogens is 358 g/mol. The maximum absolute atomic E-state index is 12.8. The van der Waals surface area contributed by atoms with E-state index in [9.17, 15) is 9.59 Å². The van der Waals surface area contributed by atoms with Gasteiger partial charge in [-0.3, -0.25) is 9.59 Å². The zero-order chi connectivity index (χ0) is 19.9. The maximum atomic E-state index is 12.8. The second-order valence-electron chi connectivity index (χ2n) is 6.49. The van der Waals surface area contributed by atoms with Crippen LogP contribution in [0.3, 0.4) is 0 Å². The summed E-state index contributed by atoms with van der Waals surface area (Å²) in [5.74, 6) is -0.160. The quantitative estimate of drug-likeness (QED) is 0.533. The average Bonchev–Trinajstić information content (AvgIpc) is 3.09. The number of carbonyl (C=O) groups excluding carboxylic acids is 1. The number of benzene rings is 2. The Labute approximate surface area is 163 Å². The third kappa shape index (κ3) is 4.52. The Kier molecular flexibility index (Phi) is 6.32. The Morgan fingerprint density at radius 1 is 1.07 bits per heavy atom. The number of hydrogen-bond donors (Lipinski definition) is 2. The van der Waals surface area contributed by atoms with Crippen LogP contribution in [0, 0.1) is 0 Å². The molecule has 0 spiro atoms. The molecule has 1 amide bonds. The van der Waals surface area contributed by atoms with Crippen molar-refractivity contribution in [1.82, 2.24) is 5.32 Å². The number of amides is 1. The number of fused-ring (bicyclic) bond motifs is 1. The SMILES string of the molecule is COc1ccc2c(-c3ccccc3)c(C(=O)NCCCCCC(=O)O)oc2c1. The Morgan fingerprint density at radius 2 is 1.86 bits per heavy atom. The number of furan rings is 1. The summed E-state index contributed by atoms with van der Waals surface area (Å²) >= 11 is 0. The minimum atomic E-state index is -0.797. The Bertz CT molecular complexity index is 962. The molecule has 0 radical (unpaired) electrons. The molecule has 0 aliphatic rings. The third-order valence-corrected chi connectivity index (χ3v) is 4.52. The fourth-order valence-electron chi connectivity index (χ4n) is 3.12. The average molecular weight is 381 g/mol. The van der Waals surface area contributed by atoms with Gasteiger partial charge in [-0.25, -0.2) is 0 Å². The van der Waals surface area contributed by atoms with Crippen molar-refractivity contribution in [2.24, 2.45) is 0 Å². The molecule has 2 N–H and O–H groups in total. The summed E-state index contributed by atoms with van der Waals surface area (Å²) in [5, 5.41) is 12.4. The van der Waals surface area contributed by atoms with Gasteiger partial charge in [0, 0.05) is 30.0 Å². The Balaban J connectivity index is 1.81. The van der Waals surface area contributed by atoms with Crippen molar-refractivity contribution in [3.8, 4) is 16.9 Å². The van der Waals surface area contributed by atoms with Crippen LogP contribution in [-0.4, -0.2) is 30.6 Å². The van der Waals surface area contributed by atoms with Crippen LogP contribution < -0.4 is 10.1 Å². The van der Waals surface area contributed by atoms with Gasteiger partial charge in [-0.1, -0.05) is 36.8 Å². The largest absolute Gasteiger partial charge is 0.497 e. The summed E-state index contributed by atoms with van der Waals surface area (Å²) in [6.07, 6.45) is 2.21. The minimum Gasteiger partial charge on any atom is -0.497 e. The van der Waals surface area contributed by atoms with Crippen LogP contribution in [0.1, 0.15) is 36.2 Å². The first-order valence-corrected chi connectivity index (χ1v) is 9.26. The highest BCUT2D eigenvalue weighted by Crippen LogP contribution is 2.36. The normalized spacial score (nSPS) is 10.8. The van der Waals surface area contributed by atoms with Crippen molar-refractivity contribution in [1.29, 1.82) is 0 Å². The molecule has 0 saturated heterocycles. The summed E-state index contributed by atoms with van der Waals surface area (Å²) < 4.78 is 11.2. The van der Waals surface area contributed by atoms with Gasteiger partial charge < -0.3 is 19.6 Å². The lowest BCUT2D eigenvalue weighted by molar-refractivity contribution is -0.137. The molecule has 28 heavy (non-hydrogen) atoms. The number of ether oxygens (including phenoxy) is 1. The smallest absolute Gasteiger partial charge is 0.303 e. The van der Waals surface area contributed by atoms with Crippen LogP contribution in [0.4, 0.5) is 0 Å². The van der Waals surface area contributed by atoms with E-state index in [1.807, 2.05) is 42.5 Å². The van der Waals surface area contributed by atoms with Gasteiger partial charge in [-0.15, -0.1) is 0 Å². The second-order valence-corrected chi connectivity index (χ2v) is 6.49. The molecule has 0 bridgehead atoms. The van der Waals surface area contributed by atoms with Crippen LogP contribution in [0.2, 0.25) is 0 Å². The highest BCUT2D eigenvalue weighted by Gasteiger charge is 2.22. The van der Waals surface area contributed by atoms with Gasteiger partial charge in [0.2, 0.25) is 5.76 Å². The summed E-state index contributed by atoms with van der Waals surface area (Å²) in [6, 6.07) is 15.1. The molecule has 0 atom stereocenters. The topological polar surface area (TPSA) is 88.8 Å². The first kappa shape index (κ1) is 19.5. The molecule has 0 saturated carbocycles. The zero-order valence-electron chi connectivity index (χ0n) is 15.7. The van der Waals surface area contributed by atoms with E-state index in [2.05, 4.69) is 5.32 Å². The first-order valence-electron chi connectivity index (χ1n) is 9.26. The number of aliphatic carboxylic acids is 1. The second kappa shape index (κ2) is 9.08. The summed E-state index contributed by atoms with van der Waals surface area (Å²) in [5.41, 5.74) is 2.24. The number of methoxy groups -OCH3 is 1. The number of rotatable bonds is 9. The van der Waals surface area contributed by atoms with Crippen LogP contribution >= 0.6 is 0 Å². The van der Waals surface area contributed by atoms with Crippen LogP contribution in [0.25, 0.3) is 22.1 Å². The first-order chi connectivity index (χ1) is 13.6. The van der Waals surface area contributed by atoms with E-state index in [4.69, 9.17) is 14.3 Å². The number of hydrogen-bond acceptors (Lipinski definition) is 4. The molecule has 1 aromatic heterocycles. The van der Waals surface area contributed by atoms with Crippen LogP contribution in [0.15, 0.2) is 52.9 Å². The number of carboxylic acid groups (broad SMARTS) is 1. The molecule has 0 unspecified atom stereocenters. The van der Waals surface area contributed by atoms with Crippen molar-refractivity contribution in [2.75, 3.05) is 13.7 Å². The molecule has 2 aromatic carbocycles. The molecule has 0 aliphatic heterocycles. The van der Waals surface area contributed by atoms with Crippen molar-refractivity contribution >= 4 is 22.8 Å². The summed E-state index contributed by atoms with van der Waals surface area (Å²) in [4.78, 5) is 23.3. The summed E-state index contributed by atoms with van der Waals surface area (Å²) in [7, 11) is 1.58. The van der Waals surface area contributed by atoms with Gasteiger partial charge >= 0.3 is 5.97 Å². The van der Waals surface area contributed by atoms with Gasteiger partial charge in [0.15, 0.2) is 0 Å². The fraction of sp³-hybridized carbons (Fsp3) is 0.273. The molecule has 146 valence electrons. The van der Waals surface area contributed by atoms with Gasteiger partial charge in [0.25, 0.3) is 5.91 Å². The highest BCUT2D eigenvalue weighted by molar-refractivity contribution is 6.08. The van der Waals surface area contributed by atoms with E-state index in [0.717, 1.165) is 22.9 Å². The maximum Gasteiger partial charge on any atom is 0.303 e. The minimum absolute atomic E-state index is 0.150. The lowest BCUT2D eigenvalue weighted by Gasteiger charge is -2.06. The number of carbonyl (C=O) groups is 2. The van der Waals surface area contributed by atoms with E-state index in [-0.39, 0.29) is 18.1 Å². The van der Waals surface area contributed by atoms with Crippen molar-refractivity contribution < 1.29 is 23.8 Å². The third-order valence-electron chi connectivity index (χ3n) is 4.52. The molecule has 0 aliphatic carbocycles. The van der Waals surface area contributed by atoms with E-state index in [1.54, 1.807) is 13.2 Å². The van der Waals surface area contributed by atoms with Crippen molar-refractivity contribution in [3.63, 3.8) is 0 Å². The molecule has 1 heterocycles. The number of nitrogens with one attached hydrogen (secondary N) is 1.